The predicted molar refractivity (Wildman–Crippen MR) is 261 cm³/mol. The van der Waals surface area contributed by atoms with Gasteiger partial charge in [-0.2, -0.15) is 0 Å². The second-order valence-corrected chi connectivity index (χ2v) is 19.8. The van der Waals surface area contributed by atoms with Gasteiger partial charge in [0.05, 0.1) is 29.8 Å². The smallest absolute Gasteiger partial charge is 0.549 e. The summed E-state index contributed by atoms with van der Waals surface area (Å²) >= 11 is 1.12. The fraction of sp³-hybridized carbons (Fsp3) is 0.345. The summed E-state index contributed by atoms with van der Waals surface area (Å²) in [6.45, 7) is -0.814. The third-order valence-electron chi connectivity index (χ3n) is 11.6. The van der Waals surface area contributed by atoms with Crippen LogP contribution >= 0.6 is 0 Å². The second-order valence-electron chi connectivity index (χ2n) is 17.7. The molecule has 0 saturated carbocycles. The van der Waals surface area contributed by atoms with E-state index in [9.17, 15) is 59.4 Å². The molecule has 20 nitrogen and oxygen atoms in total. The van der Waals surface area contributed by atoms with Gasteiger partial charge in [-0.15, -0.1) is 0 Å². The molecule has 0 aromatic heterocycles. The summed E-state index contributed by atoms with van der Waals surface area (Å²) in [6.07, 6.45) is -0.837. The Kier molecular flexibility index (Phi) is 23.7. The van der Waals surface area contributed by atoms with Crippen LogP contribution in [0.3, 0.4) is 0 Å². The molecule has 5 rings (SSSR count). The Morgan fingerprint density at radius 2 is 0.961 bits per heavy atom. The number of hydrogen-bond acceptors (Lipinski definition) is 20. The molecule has 0 aliphatic carbocycles. The summed E-state index contributed by atoms with van der Waals surface area (Å²) in [5.41, 5.74) is 4.70. The predicted octanol–water partition coefficient (Wildman–Crippen LogP) is -3.73. The minimum Gasteiger partial charge on any atom is -0.549 e. The molecule has 2 radical (unpaired) electrons. The van der Waals surface area contributed by atoms with Crippen LogP contribution in [0, 0.1) is 6.92 Å². The first-order valence-corrected chi connectivity index (χ1v) is 25.8. The van der Waals surface area contributed by atoms with Crippen molar-refractivity contribution in [3.63, 3.8) is 0 Å². The summed E-state index contributed by atoms with van der Waals surface area (Å²) in [6, 6.07) is 31.6. The van der Waals surface area contributed by atoms with Gasteiger partial charge in [0.15, 0.2) is 6.10 Å². The van der Waals surface area contributed by atoms with E-state index in [1.54, 1.807) is 54.6 Å². The first-order valence-electron chi connectivity index (χ1n) is 24.0. The molecule has 0 aliphatic rings. The van der Waals surface area contributed by atoms with E-state index in [2.05, 4.69) is 0 Å². The summed E-state index contributed by atoms with van der Waals surface area (Å²) in [4.78, 5) is 73.3. The molecular formula is C55H56BiN3O17-6. The number of hydrogen-bond donors (Lipinski definition) is 0. The van der Waals surface area contributed by atoms with E-state index in [-0.39, 0.29) is 57.2 Å². The normalized spacial score (nSPS) is 12.0. The Morgan fingerprint density at radius 1 is 0.513 bits per heavy atom. The van der Waals surface area contributed by atoms with Crippen LogP contribution in [0.4, 0.5) is 0 Å². The van der Waals surface area contributed by atoms with Gasteiger partial charge in [-0.3, -0.25) is 14.7 Å². The van der Waals surface area contributed by atoms with Crippen molar-refractivity contribution in [2.45, 2.75) is 58.5 Å². The maximum absolute atomic E-state index is 11.9. The van der Waals surface area contributed by atoms with Gasteiger partial charge in [0, 0.05) is 58.4 Å². The first-order chi connectivity index (χ1) is 36.3. The van der Waals surface area contributed by atoms with E-state index < -0.39 is 87.1 Å². The van der Waals surface area contributed by atoms with Crippen LogP contribution in [0.1, 0.15) is 40.3 Å². The van der Waals surface area contributed by atoms with Gasteiger partial charge in [-0.05, 0) is 66.8 Å². The minimum absolute atomic E-state index is 0.0744. The van der Waals surface area contributed by atoms with Crippen molar-refractivity contribution in [3.8, 4) is 28.7 Å². The molecule has 76 heavy (non-hydrogen) atoms. The van der Waals surface area contributed by atoms with Crippen LogP contribution in [-0.4, -0.2) is 153 Å². The van der Waals surface area contributed by atoms with E-state index in [0.717, 1.165) is 56.8 Å². The van der Waals surface area contributed by atoms with Crippen molar-refractivity contribution in [1.82, 2.24) is 14.7 Å². The number of carbonyl (C=O) groups is 6. The van der Waals surface area contributed by atoms with Crippen molar-refractivity contribution < 1.29 is 83.1 Å². The Bertz CT molecular complexity index is 2690. The molecule has 5 aromatic carbocycles. The maximum atomic E-state index is 11.9. The van der Waals surface area contributed by atoms with Crippen molar-refractivity contribution in [2.75, 3.05) is 65.6 Å². The number of ether oxygens (including phenoxy) is 5. The van der Waals surface area contributed by atoms with E-state index in [1.807, 2.05) is 68.4 Å². The fourth-order valence-corrected chi connectivity index (χ4v) is 8.51. The van der Waals surface area contributed by atoms with Crippen LogP contribution in [0.25, 0.3) is 0 Å². The van der Waals surface area contributed by atoms with Gasteiger partial charge in [-0.1, -0.05) is 48.9 Å². The summed E-state index contributed by atoms with van der Waals surface area (Å²) in [7, 11) is 0. The average molecular weight is 1240 g/mol. The Hall–Kier alpha value is -7.32. The van der Waals surface area contributed by atoms with Crippen molar-refractivity contribution in [1.29, 1.82) is 0 Å². The molecule has 2 atom stereocenters. The average Bonchev–Trinajstić information content (AvgIpc) is 3.35. The van der Waals surface area contributed by atoms with Crippen molar-refractivity contribution in [3.05, 3.63) is 143 Å². The molecule has 0 amide bonds. The molecule has 0 bridgehead atoms. The molecule has 0 aliphatic heterocycles. The van der Waals surface area contributed by atoms with Gasteiger partial charge in [0.25, 0.3) is 0 Å². The zero-order valence-electron chi connectivity index (χ0n) is 41.9. The molecular weight excluding hydrogens is 1180 g/mol. The molecule has 2 unspecified atom stereocenters. The van der Waals surface area contributed by atoms with Gasteiger partial charge < -0.3 is 63.7 Å². The van der Waals surface area contributed by atoms with E-state index in [4.69, 9.17) is 23.7 Å². The monoisotopic (exact) mass is 1240 g/mol. The van der Waals surface area contributed by atoms with Crippen LogP contribution in [0.15, 0.2) is 109 Å². The second kappa shape index (κ2) is 30.3. The van der Waals surface area contributed by atoms with Crippen molar-refractivity contribution in [2.24, 2.45) is 0 Å². The van der Waals surface area contributed by atoms with E-state index >= 15 is 0 Å². The van der Waals surface area contributed by atoms with Crippen LogP contribution < -0.4 is 57.6 Å². The number of carboxylic acid groups (broad SMARTS) is 6. The summed E-state index contributed by atoms with van der Waals surface area (Å²) in [5.74, 6) is -7.31. The standard InChI is InChI=1S/C55H62N3O17.Bi/c1-3-41-24-45(72-34-40-11-9-37(2)10-12-40)17-19-48(41)73-35-47(36-74-49-20-18-46(25-42(49)26-50(59)60)71-33-39-7-5-4-6-8-39)75-44-15-13-38(14-16-44)23-43(58(31-54(67)68)32-55(69)70)27-56(28-51(61)62)21-22-57(29-52(63)64)30-53(65)66;/h5-20,24-25,43,47H,3,21-23,26-36H2,1-2H3,(H,59,60)(H,61,62)(H,63,64)(H,65,66)(H,67,68)(H,69,70);/p-6. The number of aliphatic carboxylic acids is 6. The number of carbonyl (C=O) groups excluding carboxylic acids is 6. The zero-order valence-corrected chi connectivity index (χ0v) is 45.4. The minimum atomic E-state index is -1.64. The quantitative estimate of drug-likeness (QED) is 0.0352. The number of aryl methyl sites for hydroxylation is 2. The third kappa shape index (κ3) is 21.5. The van der Waals surface area contributed by atoms with E-state index in [0.29, 0.717) is 41.6 Å². The molecule has 0 spiro atoms. The van der Waals surface area contributed by atoms with Crippen LogP contribution in [0.2, 0.25) is 0 Å². The number of carboxylic acids is 6. The fourth-order valence-electron chi connectivity index (χ4n) is 7.94. The molecule has 0 heterocycles. The molecule has 0 N–H and O–H groups in total. The van der Waals surface area contributed by atoms with Crippen molar-refractivity contribution >= 4 is 63.8 Å². The van der Waals surface area contributed by atoms with Gasteiger partial charge in [0.1, 0.15) is 30.5 Å². The molecule has 404 valence electrons. The molecule has 21 heteroatoms. The third-order valence-corrected chi connectivity index (χ3v) is 12.8. The molecule has 0 saturated heterocycles. The van der Waals surface area contributed by atoms with Gasteiger partial charge in [0.2, 0.25) is 0 Å². The van der Waals surface area contributed by atoms with Gasteiger partial charge >= 0.3 is 138 Å². The Balaban J connectivity index is 1.39. The van der Waals surface area contributed by atoms with Crippen LogP contribution in [0.5, 0.6) is 28.7 Å². The van der Waals surface area contributed by atoms with Gasteiger partial charge in [-0.25, -0.2) is 0 Å². The zero-order chi connectivity index (χ0) is 55.1. The molecule has 5 aromatic rings. The Labute approximate surface area is 454 Å². The Morgan fingerprint density at radius 3 is 1.46 bits per heavy atom. The SMILES string of the molecule is CCc1cc(OCc2ccc(C)cc2)ccc1OCC(COc1ccc(OCc2cc[c]([Bi])cc2)cc1CC(=O)[O-])Oc1ccc(CC(CN(CCN(CC(=O)[O-])CC(=O)[O-])CC(=O)[O-])N(CC(=O)[O-])CC(=O)[O-])cc1. The summed E-state index contributed by atoms with van der Waals surface area (Å²) in [5, 5.41) is 70.2. The summed E-state index contributed by atoms with van der Waals surface area (Å²) < 4.78 is 32.3. The molecule has 0 fully saturated rings. The van der Waals surface area contributed by atoms with Crippen LogP contribution in [-0.2, 0) is 61.2 Å². The van der Waals surface area contributed by atoms with E-state index in [1.165, 1.54) is 8.17 Å². The number of benzene rings is 5. The number of rotatable bonds is 35. The topological polar surface area (TPSA) is 297 Å². The first kappa shape index (κ1) is 59.6. The number of nitrogens with zero attached hydrogens (tertiary/aromatic N) is 3.